The lowest BCUT2D eigenvalue weighted by Crippen LogP contribution is -2.17. The maximum atomic E-state index is 13.8. The van der Waals surface area contributed by atoms with E-state index in [4.69, 9.17) is 15.2 Å². The highest BCUT2D eigenvalue weighted by atomic mass is 19.1. The molecule has 2 aromatic rings. The van der Waals surface area contributed by atoms with Crippen LogP contribution in [0.25, 0.3) is 0 Å². The average molecular weight is 289 g/mol. The highest BCUT2D eigenvalue weighted by Gasteiger charge is 2.06. The second kappa shape index (κ2) is 7.64. The Morgan fingerprint density at radius 1 is 1.05 bits per heavy atom. The molecule has 0 radical (unpaired) electrons. The van der Waals surface area contributed by atoms with Crippen LogP contribution in [-0.4, -0.2) is 19.3 Å². The van der Waals surface area contributed by atoms with Gasteiger partial charge in [0.2, 0.25) is 0 Å². The highest BCUT2D eigenvalue weighted by Crippen LogP contribution is 2.19. The van der Waals surface area contributed by atoms with Gasteiger partial charge in [-0.3, -0.25) is 0 Å². The minimum absolute atomic E-state index is 0.00967. The number of nitrogens with two attached hydrogens (primary N) is 1. The lowest BCUT2D eigenvalue weighted by molar-refractivity contribution is 0.211. The summed E-state index contributed by atoms with van der Waals surface area (Å²) >= 11 is 0. The van der Waals surface area contributed by atoms with Gasteiger partial charge in [0.1, 0.15) is 19.0 Å². The molecule has 3 nitrogen and oxygen atoms in total. The van der Waals surface area contributed by atoms with Gasteiger partial charge in [0, 0.05) is 6.04 Å². The molecule has 0 saturated carbocycles. The maximum absolute atomic E-state index is 13.8. The van der Waals surface area contributed by atoms with E-state index in [1.807, 2.05) is 43.3 Å². The summed E-state index contributed by atoms with van der Waals surface area (Å²) in [7, 11) is 0. The molecular formula is C17H20FNO2. The molecule has 0 saturated heterocycles. The zero-order valence-electron chi connectivity index (χ0n) is 12.1. The molecule has 0 aliphatic heterocycles. The van der Waals surface area contributed by atoms with Crippen LogP contribution < -0.4 is 15.2 Å². The fourth-order valence-electron chi connectivity index (χ4n) is 1.99. The summed E-state index contributed by atoms with van der Waals surface area (Å²) in [5, 5.41) is 0. The molecule has 21 heavy (non-hydrogen) atoms. The van der Waals surface area contributed by atoms with Gasteiger partial charge >= 0.3 is 0 Å². The molecule has 4 heteroatoms. The molecule has 0 aromatic heterocycles. The van der Waals surface area contributed by atoms with Gasteiger partial charge in [-0.25, -0.2) is 4.39 Å². The molecule has 0 fully saturated rings. The lowest BCUT2D eigenvalue weighted by Gasteiger charge is -2.10. The second-order valence-corrected chi connectivity index (χ2v) is 4.96. The van der Waals surface area contributed by atoms with E-state index < -0.39 is 0 Å². The van der Waals surface area contributed by atoms with Gasteiger partial charge in [-0.1, -0.05) is 24.3 Å². The molecule has 1 unspecified atom stereocenters. The molecule has 0 spiro atoms. The van der Waals surface area contributed by atoms with Crippen molar-refractivity contribution in [2.45, 2.75) is 19.4 Å². The van der Waals surface area contributed by atoms with Crippen molar-refractivity contribution in [3.05, 3.63) is 59.9 Å². The molecule has 0 aliphatic rings. The standard InChI is InChI=1S/C17H20FNO2/c1-13(19)11-14-7-8-17(16(18)12-14)21-10-9-20-15-5-3-2-4-6-15/h2-8,12-13H,9-11,19H2,1H3. The summed E-state index contributed by atoms with van der Waals surface area (Å²) in [5.41, 5.74) is 6.57. The smallest absolute Gasteiger partial charge is 0.165 e. The van der Waals surface area contributed by atoms with Gasteiger partial charge in [0.05, 0.1) is 0 Å². The summed E-state index contributed by atoms with van der Waals surface area (Å²) in [6.07, 6.45) is 0.647. The molecular weight excluding hydrogens is 269 g/mol. The third-order valence-corrected chi connectivity index (χ3v) is 2.91. The number of hydrogen-bond donors (Lipinski definition) is 1. The van der Waals surface area contributed by atoms with Gasteiger partial charge in [0.15, 0.2) is 11.6 Å². The summed E-state index contributed by atoms with van der Waals surface area (Å²) in [4.78, 5) is 0. The Morgan fingerprint density at radius 3 is 2.43 bits per heavy atom. The molecule has 0 amide bonds. The maximum Gasteiger partial charge on any atom is 0.165 e. The van der Waals surface area contributed by atoms with Gasteiger partial charge in [0.25, 0.3) is 0 Å². The first-order valence-corrected chi connectivity index (χ1v) is 7.00. The third kappa shape index (κ3) is 5.08. The summed E-state index contributed by atoms with van der Waals surface area (Å²) in [5.74, 6) is 0.641. The lowest BCUT2D eigenvalue weighted by atomic mass is 10.1. The van der Waals surface area contributed by atoms with Crippen LogP contribution in [-0.2, 0) is 6.42 Å². The average Bonchev–Trinajstić information content (AvgIpc) is 2.46. The van der Waals surface area contributed by atoms with Crippen molar-refractivity contribution in [3.8, 4) is 11.5 Å². The Hall–Kier alpha value is -2.07. The molecule has 2 rings (SSSR count). The van der Waals surface area contributed by atoms with E-state index in [-0.39, 0.29) is 17.6 Å². The zero-order chi connectivity index (χ0) is 15.1. The SMILES string of the molecule is CC(N)Cc1ccc(OCCOc2ccccc2)c(F)c1. The van der Waals surface area contributed by atoms with Crippen molar-refractivity contribution < 1.29 is 13.9 Å². The molecule has 2 aromatic carbocycles. The van der Waals surface area contributed by atoms with Crippen LogP contribution in [0.15, 0.2) is 48.5 Å². The molecule has 2 N–H and O–H groups in total. The van der Waals surface area contributed by atoms with E-state index in [2.05, 4.69) is 0 Å². The third-order valence-electron chi connectivity index (χ3n) is 2.91. The van der Waals surface area contributed by atoms with Crippen molar-refractivity contribution in [3.63, 3.8) is 0 Å². The largest absolute Gasteiger partial charge is 0.490 e. The van der Waals surface area contributed by atoms with E-state index in [0.29, 0.717) is 19.6 Å². The molecule has 0 aliphatic carbocycles. The van der Waals surface area contributed by atoms with E-state index in [9.17, 15) is 4.39 Å². The fraction of sp³-hybridized carbons (Fsp3) is 0.294. The number of ether oxygens (including phenoxy) is 2. The quantitative estimate of drug-likeness (QED) is 0.796. The Labute approximate surface area is 124 Å². The van der Waals surface area contributed by atoms with Crippen molar-refractivity contribution in [2.24, 2.45) is 5.73 Å². The topological polar surface area (TPSA) is 44.5 Å². The number of benzene rings is 2. The van der Waals surface area contributed by atoms with Crippen molar-refractivity contribution >= 4 is 0 Å². The van der Waals surface area contributed by atoms with Crippen LogP contribution in [0.3, 0.4) is 0 Å². The van der Waals surface area contributed by atoms with Crippen molar-refractivity contribution in [2.75, 3.05) is 13.2 Å². The number of rotatable bonds is 7. The predicted molar refractivity (Wildman–Crippen MR) is 81.2 cm³/mol. The van der Waals surface area contributed by atoms with Gasteiger partial charge < -0.3 is 15.2 Å². The van der Waals surface area contributed by atoms with Crippen LogP contribution >= 0.6 is 0 Å². The monoisotopic (exact) mass is 289 g/mol. The minimum Gasteiger partial charge on any atom is -0.490 e. The Bertz CT molecular complexity index is 558. The fourth-order valence-corrected chi connectivity index (χ4v) is 1.99. The van der Waals surface area contributed by atoms with Gasteiger partial charge in [-0.05, 0) is 43.2 Å². The Balaban J connectivity index is 1.80. The predicted octanol–water partition coefficient (Wildman–Crippen LogP) is 3.17. The summed E-state index contributed by atoms with van der Waals surface area (Å²) in [6.45, 7) is 2.55. The molecule has 0 heterocycles. The van der Waals surface area contributed by atoms with E-state index in [0.717, 1.165) is 11.3 Å². The van der Waals surface area contributed by atoms with Crippen LogP contribution in [0.2, 0.25) is 0 Å². The molecule has 112 valence electrons. The number of para-hydroxylation sites is 1. The first-order valence-electron chi connectivity index (χ1n) is 7.00. The Morgan fingerprint density at radius 2 is 1.76 bits per heavy atom. The van der Waals surface area contributed by atoms with E-state index in [1.54, 1.807) is 6.07 Å². The number of hydrogen-bond acceptors (Lipinski definition) is 3. The van der Waals surface area contributed by atoms with E-state index >= 15 is 0 Å². The van der Waals surface area contributed by atoms with Crippen molar-refractivity contribution in [1.82, 2.24) is 0 Å². The van der Waals surface area contributed by atoms with Crippen molar-refractivity contribution in [1.29, 1.82) is 0 Å². The van der Waals surface area contributed by atoms with Crippen LogP contribution in [0.1, 0.15) is 12.5 Å². The first-order chi connectivity index (χ1) is 10.1. The van der Waals surface area contributed by atoms with Gasteiger partial charge in [-0.2, -0.15) is 0 Å². The van der Waals surface area contributed by atoms with Crippen LogP contribution in [0.5, 0.6) is 11.5 Å². The van der Waals surface area contributed by atoms with Crippen LogP contribution in [0.4, 0.5) is 4.39 Å². The zero-order valence-corrected chi connectivity index (χ0v) is 12.1. The van der Waals surface area contributed by atoms with Gasteiger partial charge in [-0.15, -0.1) is 0 Å². The highest BCUT2D eigenvalue weighted by molar-refractivity contribution is 5.29. The number of halogens is 1. The summed E-state index contributed by atoms with van der Waals surface area (Å²) in [6, 6.07) is 14.4. The summed E-state index contributed by atoms with van der Waals surface area (Å²) < 4.78 is 24.7. The van der Waals surface area contributed by atoms with E-state index in [1.165, 1.54) is 6.07 Å². The second-order valence-electron chi connectivity index (χ2n) is 4.96. The normalized spacial score (nSPS) is 12.0. The minimum atomic E-state index is -0.368. The first kappa shape index (κ1) is 15.3. The molecule has 1 atom stereocenters. The van der Waals surface area contributed by atoms with Crippen LogP contribution in [0, 0.1) is 5.82 Å². The molecule has 0 bridgehead atoms. The Kier molecular flexibility index (Phi) is 5.58.